The van der Waals surface area contributed by atoms with Crippen LogP contribution >= 0.6 is 11.6 Å². The van der Waals surface area contributed by atoms with Gasteiger partial charge in [-0.05, 0) is 18.6 Å². The summed E-state index contributed by atoms with van der Waals surface area (Å²) in [6.07, 6.45) is 0. The van der Waals surface area contributed by atoms with Crippen LogP contribution < -0.4 is 0 Å². The van der Waals surface area contributed by atoms with E-state index in [-0.39, 0.29) is 22.9 Å². The number of hydrogen-bond donors (Lipinski definition) is 2. The van der Waals surface area contributed by atoms with Crippen LogP contribution in [0.15, 0.2) is 6.07 Å². The fourth-order valence-corrected chi connectivity index (χ4v) is 1.39. The lowest BCUT2D eigenvalue weighted by Crippen LogP contribution is -2.06. The number of aliphatic hydroxyl groups is 1. The number of carboxylic acid groups (broad SMARTS) is 1. The summed E-state index contributed by atoms with van der Waals surface area (Å²) in [5.41, 5.74) is 0.735. The maximum Gasteiger partial charge on any atom is 0.339 e. The summed E-state index contributed by atoms with van der Waals surface area (Å²) in [4.78, 5) is 14.5. The molecule has 1 aromatic rings. The van der Waals surface area contributed by atoms with E-state index in [2.05, 4.69) is 4.98 Å². The van der Waals surface area contributed by atoms with Crippen molar-refractivity contribution in [2.24, 2.45) is 0 Å². The van der Waals surface area contributed by atoms with Gasteiger partial charge < -0.3 is 10.2 Å². The molecule has 1 aromatic heterocycles. The molecule has 0 radical (unpaired) electrons. The minimum absolute atomic E-state index is 0.0865. The Morgan fingerprint density at radius 2 is 2.31 bits per heavy atom. The summed E-state index contributed by atoms with van der Waals surface area (Å²) in [6.45, 7) is 1.32. The van der Waals surface area contributed by atoms with Crippen molar-refractivity contribution in [2.75, 3.05) is 0 Å². The number of nitrogens with zero attached hydrogens (tertiary/aromatic N) is 1. The molecular weight excluding hydrogens is 194 g/mol. The van der Waals surface area contributed by atoms with Crippen molar-refractivity contribution >= 4 is 17.6 Å². The Morgan fingerprint density at radius 1 is 1.69 bits per heavy atom. The number of aliphatic hydroxyl groups excluding tert-OH is 1. The van der Waals surface area contributed by atoms with E-state index in [1.54, 1.807) is 6.92 Å². The molecule has 0 saturated heterocycles. The zero-order valence-electron chi connectivity index (χ0n) is 6.91. The van der Waals surface area contributed by atoms with Crippen molar-refractivity contribution < 1.29 is 15.0 Å². The fraction of sp³-hybridized carbons (Fsp3) is 0.250. The van der Waals surface area contributed by atoms with Crippen molar-refractivity contribution in [3.8, 4) is 0 Å². The molecule has 0 unspecified atom stereocenters. The number of pyridine rings is 1. The molecule has 0 atom stereocenters. The van der Waals surface area contributed by atoms with Gasteiger partial charge in [0.05, 0.1) is 6.61 Å². The first-order valence-corrected chi connectivity index (χ1v) is 3.94. The number of halogens is 1. The molecular formula is C8H8ClNO3. The second-order valence-electron chi connectivity index (χ2n) is 2.55. The first kappa shape index (κ1) is 9.95. The standard InChI is InChI=1S/C8H8ClNO3/c1-4-2-5(3-11)6(8(12)13)7(9)10-4/h2,11H,3H2,1H3,(H,12,13). The lowest BCUT2D eigenvalue weighted by atomic mass is 10.1. The lowest BCUT2D eigenvalue weighted by Gasteiger charge is -2.05. The van der Waals surface area contributed by atoms with Crippen LogP contribution in [0, 0.1) is 6.92 Å². The van der Waals surface area contributed by atoms with E-state index in [4.69, 9.17) is 21.8 Å². The minimum atomic E-state index is -1.18. The number of aromatic nitrogens is 1. The molecule has 70 valence electrons. The highest BCUT2D eigenvalue weighted by Gasteiger charge is 2.15. The van der Waals surface area contributed by atoms with Crippen molar-refractivity contribution in [3.05, 3.63) is 28.0 Å². The molecule has 0 aliphatic heterocycles. The van der Waals surface area contributed by atoms with Gasteiger partial charge in [0.15, 0.2) is 0 Å². The first-order valence-electron chi connectivity index (χ1n) is 3.56. The Kier molecular flexibility index (Phi) is 2.85. The van der Waals surface area contributed by atoms with E-state index in [1.807, 2.05) is 0 Å². The van der Waals surface area contributed by atoms with Crippen molar-refractivity contribution in [1.29, 1.82) is 0 Å². The number of rotatable bonds is 2. The summed E-state index contributed by atoms with van der Waals surface area (Å²) in [5.74, 6) is -1.18. The van der Waals surface area contributed by atoms with Gasteiger partial charge in [-0.2, -0.15) is 0 Å². The summed E-state index contributed by atoms with van der Waals surface area (Å²) in [5, 5.41) is 17.5. The number of aryl methyl sites for hydroxylation is 1. The van der Waals surface area contributed by atoms with Gasteiger partial charge >= 0.3 is 5.97 Å². The van der Waals surface area contributed by atoms with Crippen LogP contribution in [0.5, 0.6) is 0 Å². The monoisotopic (exact) mass is 201 g/mol. The van der Waals surface area contributed by atoms with Crippen LogP contribution in [0.3, 0.4) is 0 Å². The van der Waals surface area contributed by atoms with Gasteiger partial charge in [-0.25, -0.2) is 9.78 Å². The van der Waals surface area contributed by atoms with Gasteiger partial charge in [-0.3, -0.25) is 0 Å². The highest BCUT2D eigenvalue weighted by atomic mass is 35.5. The van der Waals surface area contributed by atoms with Crippen LogP contribution in [-0.4, -0.2) is 21.2 Å². The quantitative estimate of drug-likeness (QED) is 0.707. The summed E-state index contributed by atoms with van der Waals surface area (Å²) in [6, 6.07) is 1.50. The fourth-order valence-electron chi connectivity index (χ4n) is 1.05. The van der Waals surface area contributed by atoms with E-state index in [0.717, 1.165) is 0 Å². The Labute approximate surface area is 79.8 Å². The summed E-state index contributed by atoms with van der Waals surface area (Å²) >= 11 is 5.61. The zero-order chi connectivity index (χ0) is 10.0. The maximum absolute atomic E-state index is 10.7. The Bertz CT molecular complexity index is 351. The lowest BCUT2D eigenvalue weighted by molar-refractivity contribution is 0.0693. The van der Waals surface area contributed by atoms with Crippen LogP contribution in [0.2, 0.25) is 5.15 Å². The largest absolute Gasteiger partial charge is 0.478 e. The molecule has 0 fully saturated rings. The van der Waals surface area contributed by atoms with E-state index in [1.165, 1.54) is 6.07 Å². The molecule has 0 aliphatic carbocycles. The number of carboxylic acids is 1. The van der Waals surface area contributed by atoms with Gasteiger partial charge in [-0.1, -0.05) is 11.6 Å². The molecule has 0 aromatic carbocycles. The van der Waals surface area contributed by atoms with Crippen LogP contribution in [0.1, 0.15) is 21.6 Å². The molecule has 0 bridgehead atoms. The van der Waals surface area contributed by atoms with Crippen LogP contribution in [0.4, 0.5) is 0 Å². The predicted octanol–water partition coefficient (Wildman–Crippen LogP) is 1.23. The van der Waals surface area contributed by atoms with Crippen molar-refractivity contribution in [2.45, 2.75) is 13.5 Å². The Morgan fingerprint density at radius 3 is 2.77 bits per heavy atom. The predicted molar refractivity (Wildman–Crippen MR) is 46.9 cm³/mol. The SMILES string of the molecule is Cc1cc(CO)c(C(=O)O)c(Cl)n1. The van der Waals surface area contributed by atoms with Gasteiger partial charge in [0.2, 0.25) is 0 Å². The molecule has 1 heterocycles. The van der Waals surface area contributed by atoms with Crippen LogP contribution in [0.25, 0.3) is 0 Å². The van der Waals surface area contributed by atoms with Crippen molar-refractivity contribution in [1.82, 2.24) is 4.98 Å². The molecule has 13 heavy (non-hydrogen) atoms. The number of aromatic carboxylic acids is 1. The van der Waals surface area contributed by atoms with E-state index >= 15 is 0 Å². The summed E-state index contributed by atoms with van der Waals surface area (Å²) < 4.78 is 0. The van der Waals surface area contributed by atoms with E-state index in [0.29, 0.717) is 5.69 Å². The topological polar surface area (TPSA) is 70.4 Å². The highest BCUT2D eigenvalue weighted by Crippen LogP contribution is 2.19. The third-order valence-electron chi connectivity index (χ3n) is 1.57. The Hall–Kier alpha value is -1.13. The van der Waals surface area contributed by atoms with E-state index in [9.17, 15) is 4.79 Å². The smallest absolute Gasteiger partial charge is 0.339 e. The summed E-state index contributed by atoms with van der Waals surface area (Å²) in [7, 11) is 0. The molecule has 4 nitrogen and oxygen atoms in total. The van der Waals surface area contributed by atoms with Gasteiger partial charge in [-0.15, -0.1) is 0 Å². The molecule has 5 heteroatoms. The average Bonchev–Trinajstić information content (AvgIpc) is 2.01. The second kappa shape index (κ2) is 3.72. The second-order valence-corrected chi connectivity index (χ2v) is 2.91. The van der Waals surface area contributed by atoms with Gasteiger partial charge in [0.25, 0.3) is 0 Å². The number of carbonyl (C=O) groups is 1. The molecule has 1 rings (SSSR count). The Balaban J connectivity index is 3.38. The highest BCUT2D eigenvalue weighted by molar-refractivity contribution is 6.32. The maximum atomic E-state index is 10.7. The normalized spacial score (nSPS) is 10.1. The van der Waals surface area contributed by atoms with Crippen LogP contribution in [-0.2, 0) is 6.61 Å². The van der Waals surface area contributed by atoms with Gasteiger partial charge in [0, 0.05) is 5.69 Å². The molecule has 2 N–H and O–H groups in total. The zero-order valence-corrected chi connectivity index (χ0v) is 7.67. The third-order valence-corrected chi connectivity index (χ3v) is 1.84. The first-order chi connectivity index (χ1) is 6.06. The molecule has 0 spiro atoms. The minimum Gasteiger partial charge on any atom is -0.478 e. The van der Waals surface area contributed by atoms with Gasteiger partial charge in [0.1, 0.15) is 10.7 Å². The van der Waals surface area contributed by atoms with Crippen molar-refractivity contribution in [3.63, 3.8) is 0 Å². The van der Waals surface area contributed by atoms with E-state index < -0.39 is 5.97 Å². The molecule has 0 aliphatic rings. The molecule has 0 amide bonds. The molecule has 0 saturated carbocycles. The third kappa shape index (κ3) is 1.96. The number of hydrogen-bond acceptors (Lipinski definition) is 3. The average molecular weight is 202 g/mol.